The van der Waals surface area contributed by atoms with E-state index in [0.717, 1.165) is 32.6 Å². The van der Waals surface area contributed by atoms with Crippen LogP contribution in [0.5, 0.6) is 0 Å². The Kier molecular flexibility index (Phi) is 7.52. The minimum absolute atomic E-state index is 0.766. The number of nitrogens with two attached hydrogens (primary N) is 1. The second kappa shape index (κ2) is 7.76. The van der Waals surface area contributed by atoms with E-state index in [4.69, 9.17) is 5.73 Å². The van der Waals surface area contributed by atoms with Gasteiger partial charge in [-0.2, -0.15) is 0 Å². The van der Waals surface area contributed by atoms with E-state index in [0.29, 0.717) is 0 Å². The third-order valence-corrected chi connectivity index (χ3v) is 1.78. The molecule has 0 bridgehead atoms. The van der Waals surface area contributed by atoms with Gasteiger partial charge in [-0.15, -0.1) is 6.58 Å². The van der Waals surface area contributed by atoms with Crippen molar-refractivity contribution in [2.75, 3.05) is 26.2 Å². The van der Waals surface area contributed by atoms with E-state index < -0.39 is 0 Å². The summed E-state index contributed by atoms with van der Waals surface area (Å²) in [5.41, 5.74) is 5.45. The van der Waals surface area contributed by atoms with Crippen LogP contribution in [0.2, 0.25) is 0 Å². The SMILES string of the molecule is C=CCCCN(CC)CCN. The standard InChI is InChI=1S/C9H20N2/c1-3-5-6-8-11(4-2)9-7-10/h3H,1,4-10H2,2H3. The van der Waals surface area contributed by atoms with Crippen LogP contribution in [0.3, 0.4) is 0 Å². The molecule has 0 aromatic heterocycles. The van der Waals surface area contributed by atoms with Crippen LogP contribution >= 0.6 is 0 Å². The monoisotopic (exact) mass is 156 g/mol. The Bertz CT molecular complexity index is 91.6. The predicted octanol–water partition coefficient (Wildman–Crippen LogP) is 1.23. The van der Waals surface area contributed by atoms with Crippen LogP contribution < -0.4 is 5.73 Å². The lowest BCUT2D eigenvalue weighted by atomic mass is 10.3. The van der Waals surface area contributed by atoms with E-state index in [1.165, 1.54) is 6.42 Å². The topological polar surface area (TPSA) is 29.3 Å². The Balaban J connectivity index is 3.27. The highest BCUT2D eigenvalue weighted by atomic mass is 15.1. The molecule has 0 aliphatic carbocycles. The van der Waals surface area contributed by atoms with Gasteiger partial charge >= 0.3 is 0 Å². The first-order valence-electron chi connectivity index (χ1n) is 4.38. The summed E-state index contributed by atoms with van der Waals surface area (Å²) in [6, 6.07) is 0. The van der Waals surface area contributed by atoms with Crippen LogP contribution in [-0.2, 0) is 0 Å². The number of allylic oxidation sites excluding steroid dienone is 1. The van der Waals surface area contributed by atoms with Gasteiger partial charge in [0.15, 0.2) is 0 Å². The van der Waals surface area contributed by atoms with Crippen molar-refractivity contribution >= 4 is 0 Å². The van der Waals surface area contributed by atoms with Gasteiger partial charge in [0.2, 0.25) is 0 Å². The molecular formula is C9H20N2. The highest BCUT2D eigenvalue weighted by molar-refractivity contribution is 4.67. The molecule has 0 saturated heterocycles. The molecule has 0 fully saturated rings. The number of likely N-dealkylation sites (N-methyl/N-ethyl adjacent to an activating group) is 1. The summed E-state index contributed by atoms with van der Waals surface area (Å²) >= 11 is 0. The minimum atomic E-state index is 0.766. The van der Waals surface area contributed by atoms with Crippen LogP contribution in [-0.4, -0.2) is 31.1 Å². The Hall–Kier alpha value is -0.340. The molecule has 0 aromatic rings. The quantitative estimate of drug-likeness (QED) is 0.444. The summed E-state index contributed by atoms with van der Waals surface area (Å²) in [6.07, 6.45) is 4.29. The van der Waals surface area contributed by atoms with E-state index in [9.17, 15) is 0 Å². The summed E-state index contributed by atoms with van der Waals surface area (Å²) < 4.78 is 0. The maximum Gasteiger partial charge on any atom is 0.0104 e. The summed E-state index contributed by atoms with van der Waals surface area (Å²) in [4.78, 5) is 2.36. The zero-order valence-corrected chi connectivity index (χ0v) is 7.55. The van der Waals surface area contributed by atoms with E-state index in [-0.39, 0.29) is 0 Å². The lowest BCUT2D eigenvalue weighted by Crippen LogP contribution is -2.30. The lowest BCUT2D eigenvalue weighted by Gasteiger charge is -2.18. The lowest BCUT2D eigenvalue weighted by molar-refractivity contribution is 0.293. The Morgan fingerprint density at radius 3 is 2.64 bits per heavy atom. The fourth-order valence-electron chi connectivity index (χ4n) is 1.07. The first-order chi connectivity index (χ1) is 5.35. The number of unbranched alkanes of at least 4 members (excludes halogenated alkanes) is 1. The fourth-order valence-corrected chi connectivity index (χ4v) is 1.07. The highest BCUT2D eigenvalue weighted by Gasteiger charge is 1.97. The van der Waals surface area contributed by atoms with E-state index in [2.05, 4.69) is 18.4 Å². The van der Waals surface area contributed by atoms with Gasteiger partial charge in [0.25, 0.3) is 0 Å². The van der Waals surface area contributed by atoms with Gasteiger partial charge in [-0.05, 0) is 25.9 Å². The molecule has 0 amide bonds. The molecule has 0 rings (SSSR count). The first kappa shape index (κ1) is 10.7. The second-order valence-electron chi connectivity index (χ2n) is 2.65. The maximum atomic E-state index is 5.45. The van der Waals surface area contributed by atoms with Gasteiger partial charge in [-0.1, -0.05) is 13.0 Å². The molecule has 2 N–H and O–H groups in total. The Morgan fingerprint density at radius 1 is 1.45 bits per heavy atom. The van der Waals surface area contributed by atoms with Crippen LogP contribution in [0.25, 0.3) is 0 Å². The van der Waals surface area contributed by atoms with Crippen LogP contribution in [0.4, 0.5) is 0 Å². The molecule has 0 aliphatic heterocycles. The summed E-state index contributed by atoms with van der Waals surface area (Å²) in [5, 5.41) is 0. The third kappa shape index (κ3) is 6.07. The Morgan fingerprint density at radius 2 is 2.18 bits per heavy atom. The number of hydrogen-bond acceptors (Lipinski definition) is 2. The first-order valence-corrected chi connectivity index (χ1v) is 4.38. The van der Waals surface area contributed by atoms with Gasteiger partial charge in [0.05, 0.1) is 0 Å². The van der Waals surface area contributed by atoms with Crippen molar-refractivity contribution in [1.29, 1.82) is 0 Å². The zero-order chi connectivity index (χ0) is 8.53. The number of nitrogens with zero attached hydrogens (tertiary/aromatic N) is 1. The molecule has 0 aromatic carbocycles. The molecule has 0 atom stereocenters. The van der Waals surface area contributed by atoms with Gasteiger partial charge < -0.3 is 10.6 Å². The predicted molar refractivity (Wildman–Crippen MR) is 50.6 cm³/mol. The van der Waals surface area contributed by atoms with Crippen molar-refractivity contribution in [1.82, 2.24) is 4.90 Å². The van der Waals surface area contributed by atoms with Crippen molar-refractivity contribution in [3.8, 4) is 0 Å². The molecule has 0 unspecified atom stereocenters. The molecule has 0 spiro atoms. The molecule has 0 aliphatic rings. The summed E-state index contributed by atoms with van der Waals surface area (Å²) in [6.45, 7) is 9.90. The minimum Gasteiger partial charge on any atom is -0.329 e. The third-order valence-electron chi connectivity index (χ3n) is 1.78. The number of rotatable bonds is 7. The average Bonchev–Trinajstić information content (AvgIpc) is 2.03. The largest absolute Gasteiger partial charge is 0.329 e. The van der Waals surface area contributed by atoms with Crippen molar-refractivity contribution in [2.45, 2.75) is 19.8 Å². The number of hydrogen-bond donors (Lipinski definition) is 1. The van der Waals surface area contributed by atoms with Gasteiger partial charge in [0.1, 0.15) is 0 Å². The van der Waals surface area contributed by atoms with Crippen LogP contribution in [0.15, 0.2) is 12.7 Å². The van der Waals surface area contributed by atoms with Crippen molar-refractivity contribution in [2.24, 2.45) is 5.73 Å². The fraction of sp³-hybridized carbons (Fsp3) is 0.778. The van der Waals surface area contributed by atoms with Crippen molar-refractivity contribution in [3.63, 3.8) is 0 Å². The summed E-state index contributed by atoms with van der Waals surface area (Å²) in [7, 11) is 0. The van der Waals surface area contributed by atoms with Crippen molar-refractivity contribution < 1.29 is 0 Å². The highest BCUT2D eigenvalue weighted by Crippen LogP contribution is 1.94. The molecule has 11 heavy (non-hydrogen) atoms. The average molecular weight is 156 g/mol. The molecule has 0 heterocycles. The van der Waals surface area contributed by atoms with E-state index >= 15 is 0 Å². The van der Waals surface area contributed by atoms with E-state index in [1.807, 2.05) is 6.08 Å². The van der Waals surface area contributed by atoms with Gasteiger partial charge in [0, 0.05) is 13.1 Å². The Labute approximate surface area is 70.1 Å². The maximum absolute atomic E-state index is 5.45. The normalized spacial score (nSPS) is 10.5. The molecule has 0 radical (unpaired) electrons. The molecule has 66 valence electrons. The zero-order valence-electron chi connectivity index (χ0n) is 7.55. The molecule has 0 saturated carbocycles. The van der Waals surface area contributed by atoms with Crippen molar-refractivity contribution in [3.05, 3.63) is 12.7 Å². The summed E-state index contributed by atoms with van der Waals surface area (Å²) in [5.74, 6) is 0. The van der Waals surface area contributed by atoms with Crippen LogP contribution in [0, 0.1) is 0 Å². The van der Waals surface area contributed by atoms with Gasteiger partial charge in [-0.3, -0.25) is 0 Å². The van der Waals surface area contributed by atoms with Gasteiger partial charge in [-0.25, -0.2) is 0 Å². The molecule has 2 heteroatoms. The smallest absolute Gasteiger partial charge is 0.0104 e. The van der Waals surface area contributed by atoms with E-state index in [1.54, 1.807) is 0 Å². The second-order valence-corrected chi connectivity index (χ2v) is 2.65. The molecule has 2 nitrogen and oxygen atoms in total. The van der Waals surface area contributed by atoms with Crippen LogP contribution in [0.1, 0.15) is 19.8 Å². The molecular weight excluding hydrogens is 136 g/mol.